The number of fused-ring (bicyclic) bond motifs is 1. The summed E-state index contributed by atoms with van der Waals surface area (Å²) in [7, 11) is 3.04. The summed E-state index contributed by atoms with van der Waals surface area (Å²) in [6.45, 7) is 1.97. The lowest BCUT2D eigenvalue weighted by Gasteiger charge is -2.08. The van der Waals surface area contributed by atoms with E-state index in [4.69, 9.17) is 21.1 Å². The molecule has 27 heavy (non-hydrogen) atoms. The molecule has 3 aromatic rings. The third-order valence-electron chi connectivity index (χ3n) is 4.04. The fraction of sp³-hybridized carbons (Fsp3) is 0.150. The van der Waals surface area contributed by atoms with Crippen molar-refractivity contribution in [2.75, 3.05) is 14.2 Å². The highest BCUT2D eigenvalue weighted by Crippen LogP contribution is 2.27. The van der Waals surface area contributed by atoms with Gasteiger partial charge in [-0.1, -0.05) is 29.8 Å². The molecule has 0 saturated heterocycles. The van der Waals surface area contributed by atoms with Crippen LogP contribution in [0.5, 0.6) is 11.5 Å². The van der Waals surface area contributed by atoms with Gasteiger partial charge in [0.25, 0.3) is 5.91 Å². The molecule has 0 radical (unpaired) electrons. The molecule has 0 spiro atoms. The van der Waals surface area contributed by atoms with Crippen LogP contribution in [-0.2, 0) is 0 Å². The first kappa shape index (κ1) is 18.7. The molecule has 2 aromatic carbocycles. The maximum absolute atomic E-state index is 12.3. The summed E-state index contributed by atoms with van der Waals surface area (Å²) in [4.78, 5) is 16.7. The summed E-state index contributed by atoms with van der Waals surface area (Å²) in [6.07, 6.45) is 1.47. The largest absolute Gasteiger partial charge is 0.493 e. The SMILES string of the molecule is COc1ccc(C(=O)N/N=C/c2cc3cccc(C)c3nc2Cl)cc1OC. The Morgan fingerprint density at radius 3 is 2.67 bits per heavy atom. The molecule has 138 valence electrons. The van der Waals surface area contributed by atoms with E-state index in [0.717, 1.165) is 16.5 Å². The molecule has 3 rings (SSSR count). The van der Waals surface area contributed by atoms with Gasteiger partial charge < -0.3 is 9.47 Å². The Labute approximate surface area is 161 Å². The van der Waals surface area contributed by atoms with Crippen LogP contribution in [0.2, 0.25) is 5.15 Å². The third kappa shape index (κ3) is 4.01. The molecule has 0 aliphatic rings. The zero-order valence-corrected chi connectivity index (χ0v) is 15.9. The molecule has 1 aromatic heterocycles. The van der Waals surface area contributed by atoms with Gasteiger partial charge in [-0.3, -0.25) is 4.79 Å². The number of hydrogen-bond donors (Lipinski definition) is 1. The monoisotopic (exact) mass is 383 g/mol. The van der Waals surface area contributed by atoms with Crippen LogP contribution in [0, 0.1) is 6.92 Å². The molecule has 1 heterocycles. The molecular formula is C20H18ClN3O3. The predicted octanol–water partition coefficient (Wildman–Crippen LogP) is 3.98. The number of halogens is 1. The number of nitrogens with one attached hydrogen (secondary N) is 1. The number of pyridine rings is 1. The average molecular weight is 384 g/mol. The minimum absolute atomic E-state index is 0.320. The van der Waals surface area contributed by atoms with Crippen LogP contribution in [0.15, 0.2) is 47.6 Å². The van der Waals surface area contributed by atoms with Crippen molar-refractivity contribution in [1.82, 2.24) is 10.4 Å². The fourth-order valence-corrected chi connectivity index (χ4v) is 2.82. The van der Waals surface area contributed by atoms with E-state index >= 15 is 0 Å². The molecule has 0 aliphatic heterocycles. The first-order chi connectivity index (χ1) is 13.0. The van der Waals surface area contributed by atoms with E-state index in [1.807, 2.05) is 31.2 Å². The van der Waals surface area contributed by atoms with Crippen molar-refractivity contribution in [1.29, 1.82) is 0 Å². The number of carbonyl (C=O) groups excluding carboxylic acids is 1. The van der Waals surface area contributed by atoms with Gasteiger partial charge in [0.1, 0.15) is 5.15 Å². The summed E-state index contributed by atoms with van der Waals surface area (Å²) < 4.78 is 10.4. The maximum Gasteiger partial charge on any atom is 0.271 e. The fourth-order valence-electron chi connectivity index (χ4n) is 2.63. The van der Waals surface area contributed by atoms with Crippen LogP contribution in [0.1, 0.15) is 21.5 Å². The van der Waals surface area contributed by atoms with Crippen molar-refractivity contribution in [2.24, 2.45) is 5.10 Å². The number of para-hydroxylation sites is 1. The summed E-state index contributed by atoms with van der Waals surface area (Å²) in [6, 6.07) is 12.6. The molecule has 7 heteroatoms. The molecule has 6 nitrogen and oxygen atoms in total. The quantitative estimate of drug-likeness (QED) is 0.411. The number of hydrogen-bond acceptors (Lipinski definition) is 5. The van der Waals surface area contributed by atoms with Gasteiger partial charge in [-0.05, 0) is 36.8 Å². The number of rotatable bonds is 5. The molecule has 0 atom stereocenters. The number of ether oxygens (including phenoxy) is 2. The Bertz CT molecular complexity index is 1030. The smallest absolute Gasteiger partial charge is 0.271 e. The molecular weight excluding hydrogens is 366 g/mol. The Balaban J connectivity index is 1.78. The van der Waals surface area contributed by atoms with E-state index < -0.39 is 0 Å². The van der Waals surface area contributed by atoms with Crippen LogP contribution in [0.3, 0.4) is 0 Å². The zero-order valence-electron chi connectivity index (χ0n) is 15.1. The highest BCUT2D eigenvalue weighted by molar-refractivity contribution is 6.32. The predicted molar refractivity (Wildman–Crippen MR) is 106 cm³/mol. The van der Waals surface area contributed by atoms with E-state index in [0.29, 0.717) is 27.8 Å². The number of aryl methyl sites for hydroxylation is 1. The molecule has 0 unspecified atom stereocenters. The second-order valence-corrected chi connectivity index (χ2v) is 6.14. The lowest BCUT2D eigenvalue weighted by Crippen LogP contribution is -2.17. The van der Waals surface area contributed by atoms with E-state index in [1.54, 1.807) is 18.2 Å². The van der Waals surface area contributed by atoms with Gasteiger partial charge in [-0.15, -0.1) is 0 Å². The average Bonchev–Trinajstić information content (AvgIpc) is 2.68. The highest BCUT2D eigenvalue weighted by Gasteiger charge is 2.10. The van der Waals surface area contributed by atoms with E-state index in [-0.39, 0.29) is 5.91 Å². The number of aromatic nitrogens is 1. The second kappa shape index (κ2) is 8.05. The van der Waals surface area contributed by atoms with Crippen molar-refractivity contribution in [3.8, 4) is 11.5 Å². The number of benzene rings is 2. The molecule has 0 saturated carbocycles. The van der Waals surface area contributed by atoms with Gasteiger partial charge >= 0.3 is 0 Å². The Morgan fingerprint density at radius 1 is 1.15 bits per heavy atom. The lowest BCUT2D eigenvalue weighted by molar-refractivity contribution is 0.0954. The van der Waals surface area contributed by atoms with Gasteiger partial charge in [0.2, 0.25) is 0 Å². The molecule has 1 amide bonds. The molecule has 0 fully saturated rings. The Morgan fingerprint density at radius 2 is 1.93 bits per heavy atom. The van der Waals surface area contributed by atoms with Gasteiger partial charge in [0, 0.05) is 16.5 Å². The van der Waals surface area contributed by atoms with Crippen molar-refractivity contribution < 1.29 is 14.3 Å². The molecule has 1 N–H and O–H groups in total. The van der Waals surface area contributed by atoms with Crippen LogP contribution < -0.4 is 14.9 Å². The summed E-state index contributed by atoms with van der Waals surface area (Å²) in [5.41, 5.74) is 5.36. The topological polar surface area (TPSA) is 72.8 Å². The number of carbonyl (C=O) groups is 1. The first-order valence-electron chi connectivity index (χ1n) is 8.14. The van der Waals surface area contributed by atoms with Crippen LogP contribution >= 0.6 is 11.6 Å². The van der Waals surface area contributed by atoms with Crippen molar-refractivity contribution in [3.05, 3.63) is 64.3 Å². The molecule has 0 bridgehead atoms. The van der Waals surface area contributed by atoms with Gasteiger partial charge in [0.05, 0.1) is 26.0 Å². The number of nitrogens with zero attached hydrogens (tertiary/aromatic N) is 2. The lowest BCUT2D eigenvalue weighted by atomic mass is 10.1. The number of amides is 1. The van der Waals surface area contributed by atoms with E-state index in [9.17, 15) is 4.79 Å². The van der Waals surface area contributed by atoms with E-state index in [2.05, 4.69) is 15.5 Å². The van der Waals surface area contributed by atoms with Crippen LogP contribution in [0.25, 0.3) is 10.9 Å². The van der Waals surface area contributed by atoms with E-state index in [1.165, 1.54) is 20.4 Å². The van der Waals surface area contributed by atoms with Crippen LogP contribution in [-0.4, -0.2) is 31.3 Å². The summed E-state index contributed by atoms with van der Waals surface area (Å²) >= 11 is 6.23. The van der Waals surface area contributed by atoms with Crippen LogP contribution in [0.4, 0.5) is 0 Å². The summed E-state index contributed by atoms with van der Waals surface area (Å²) in [5, 5.41) is 5.26. The van der Waals surface area contributed by atoms with Gasteiger partial charge in [-0.2, -0.15) is 5.10 Å². The zero-order chi connectivity index (χ0) is 19.4. The Kier molecular flexibility index (Phi) is 5.57. The second-order valence-electron chi connectivity index (χ2n) is 5.78. The highest BCUT2D eigenvalue weighted by atomic mass is 35.5. The minimum Gasteiger partial charge on any atom is -0.493 e. The van der Waals surface area contributed by atoms with Crippen molar-refractivity contribution >= 4 is 34.6 Å². The maximum atomic E-state index is 12.3. The van der Waals surface area contributed by atoms with Gasteiger partial charge in [-0.25, -0.2) is 10.4 Å². The standard InChI is InChI=1S/C20H18ClN3O3/c1-12-5-4-6-13-9-15(19(21)23-18(12)13)11-22-24-20(25)14-7-8-16(26-2)17(10-14)27-3/h4-11H,1-3H3,(H,24,25)/b22-11+. The van der Waals surface area contributed by atoms with Crippen molar-refractivity contribution in [3.63, 3.8) is 0 Å². The summed E-state index contributed by atoms with van der Waals surface area (Å²) in [5.74, 6) is 0.626. The Hall–Kier alpha value is -3.12. The normalized spacial score (nSPS) is 11.0. The van der Waals surface area contributed by atoms with Gasteiger partial charge in [0.15, 0.2) is 11.5 Å². The number of hydrazone groups is 1. The first-order valence-corrected chi connectivity index (χ1v) is 8.52. The number of methoxy groups -OCH3 is 2. The van der Waals surface area contributed by atoms with Crippen molar-refractivity contribution in [2.45, 2.75) is 6.92 Å². The molecule has 0 aliphatic carbocycles. The minimum atomic E-state index is -0.382. The third-order valence-corrected chi connectivity index (χ3v) is 4.35.